The maximum absolute atomic E-state index is 11.8. The molecule has 0 radical (unpaired) electrons. The molecule has 2 rings (SSSR count). The van der Waals surface area contributed by atoms with Crippen molar-refractivity contribution in [3.8, 4) is 0 Å². The first-order chi connectivity index (χ1) is 14.8. The van der Waals surface area contributed by atoms with Gasteiger partial charge in [0.1, 0.15) is 0 Å². The van der Waals surface area contributed by atoms with E-state index in [1.807, 2.05) is 0 Å². The normalized spacial score (nSPS) is 25.6. The van der Waals surface area contributed by atoms with E-state index in [0.717, 1.165) is 20.8 Å². The molecule has 1 aromatic carbocycles. The molecule has 12 nitrogen and oxygen atoms in total. The van der Waals surface area contributed by atoms with Crippen LogP contribution >= 0.6 is 0 Å². The summed E-state index contributed by atoms with van der Waals surface area (Å²) in [5.41, 5.74) is 5.73. The topological polar surface area (TPSA) is 195 Å². The van der Waals surface area contributed by atoms with Gasteiger partial charge in [-0.25, -0.2) is 0 Å². The Hall–Kier alpha value is -2.22. The van der Waals surface area contributed by atoms with Crippen LogP contribution in [0.3, 0.4) is 0 Å². The summed E-state index contributed by atoms with van der Waals surface area (Å²) in [7, 11) is -4.02. The van der Waals surface area contributed by atoms with Crippen LogP contribution in [0.5, 0.6) is 0 Å². The van der Waals surface area contributed by atoms with Crippen LogP contribution in [0, 0.1) is 0 Å². The molecule has 5 atom stereocenters. The van der Waals surface area contributed by atoms with Crippen LogP contribution in [-0.4, -0.2) is 82.4 Å². The zero-order valence-electron chi connectivity index (χ0n) is 17.4. The molecule has 1 fully saturated rings. The summed E-state index contributed by atoms with van der Waals surface area (Å²) in [6.07, 6.45) is -4.74. The number of aliphatic hydroxyl groups excluding tert-OH is 1. The molecule has 0 saturated carbocycles. The fourth-order valence-electron chi connectivity index (χ4n) is 3.09. The molecule has 32 heavy (non-hydrogen) atoms. The fraction of sp³-hybridized carbons (Fsp3) is 0.500. The number of aliphatic hydroxyl groups is 1. The van der Waals surface area contributed by atoms with Crippen LogP contribution < -0.4 is 15.3 Å². The first-order valence-corrected chi connectivity index (χ1v) is 12.6. The molecular weight excluding hydrogens is 515 g/mol. The molecule has 1 aliphatic heterocycles. The standard InChI is InChI=1S/C18H24N2O10SSe/c1-8(22)27-15-13(7-21)30-18(17(29-10(3)24)16(15)28-9(2)23)32-11-4-5-14(12(19)6-11)31(20,25)26/h4-6,13,15-18,21H,7,19H2,1-3H3,(H2,20,25,26)/t13-,15+,16+,17-,18+/m1/s1. The summed E-state index contributed by atoms with van der Waals surface area (Å²) in [6.45, 7) is 2.83. The van der Waals surface area contributed by atoms with Gasteiger partial charge in [0.05, 0.1) is 0 Å². The zero-order valence-corrected chi connectivity index (χ0v) is 19.9. The van der Waals surface area contributed by atoms with E-state index in [2.05, 4.69) is 0 Å². The predicted molar refractivity (Wildman–Crippen MR) is 110 cm³/mol. The molecule has 0 unspecified atom stereocenters. The summed E-state index contributed by atoms with van der Waals surface area (Å²) in [5, 5.41) is 14.0. The number of benzene rings is 1. The summed E-state index contributed by atoms with van der Waals surface area (Å²) in [5.74, 6) is -2.15. The number of hydrogen-bond donors (Lipinski definition) is 3. The number of esters is 3. The molecule has 1 heterocycles. The molecule has 0 spiro atoms. The van der Waals surface area contributed by atoms with Gasteiger partial charge in [0.15, 0.2) is 0 Å². The van der Waals surface area contributed by atoms with Gasteiger partial charge in [-0.15, -0.1) is 0 Å². The second kappa shape index (κ2) is 10.6. The molecule has 0 aromatic heterocycles. The maximum atomic E-state index is 11.8. The number of rotatable bonds is 7. The van der Waals surface area contributed by atoms with E-state index in [1.54, 1.807) is 0 Å². The summed E-state index contributed by atoms with van der Waals surface area (Å²) in [4.78, 5) is 34.8. The zero-order chi connectivity index (χ0) is 24.2. The first kappa shape index (κ1) is 26.0. The van der Waals surface area contributed by atoms with E-state index in [9.17, 15) is 27.9 Å². The quantitative estimate of drug-likeness (QED) is 0.147. The SMILES string of the molecule is CC(=O)O[C@H]1[C@@H](OC(C)=O)[C@@H](CO)O[C@@H]([Se]c2ccc(S(N)(=O)=O)c(N)c2)[C@@H]1OC(C)=O. The van der Waals surface area contributed by atoms with Crippen molar-refractivity contribution < 1.29 is 46.9 Å². The second-order valence-corrected chi connectivity index (χ2v) is 10.8. The molecule has 0 aliphatic carbocycles. The monoisotopic (exact) mass is 540 g/mol. The molecule has 1 aliphatic rings. The number of carbonyl (C=O) groups is 3. The van der Waals surface area contributed by atoms with Crippen molar-refractivity contribution in [2.24, 2.45) is 5.14 Å². The molecular formula is C18H24N2O10SSe. The molecule has 0 bridgehead atoms. The number of carbonyl (C=O) groups excluding carboxylic acids is 3. The average Bonchev–Trinajstić information content (AvgIpc) is 2.64. The number of nitrogen functional groups attached to an aromatic ring is 1. The van der Waals surface area contributed by atoms with Gasteiger partial charge in [-0.05, 0) is 0 Å². The first-order valence-electron chi connectivity index (χ1n) is 9.20. The molecule has 14 heteroatoms. The van der Waals surface area contributed by atoms with Gasteiger partial charge in [0.25, 0.3) is 0 Å². The number of anilines is 1. The van der Waals surface area contributed by atoms with Crippen LogP contribution in [0.25, 0.3) is 0 Å². The van der Waals surface area contributed by atoms with Crippen molar-refractivity contribution in [2.75, 3.05) is 12.3 Å². The van der Waals surface area contributed by atoms with Crippen LogP contribution in [0.15, 0.2) is 23.1 Å². The van der Waals surface area contributed by atoms with Gasteiger partial charge < -0.3 is 0 Å². The van der Waals surface area contributed by atoms with Gasteiger partial charge in [-0.2, -0.15) is 0 Å². The van der Waals surface area contributed by atoms with Crippen molar-refractivity contribution in [3.05, 3.63) is 18.2 Å². The van der Waals surface area contributed by atoms with Crippen LogP contribution in [-0.2, 0) is 43.4 Å². The van der Waals surface area contributed by atoms with Gasteiger partial charge in [-0.1, -0.05) is 0 Å². The number of nitrogens with two attached hydrogens (primary N) is 2. The molecule has 5 N–H and O–H groups in total. The Bertz CT molecular complexity index is 986. The van der Waals surface area contributed by atoms with E-state index >= 15 is 0 Å². The Labute approximate surface area is 190 Å². The Balaban J connectivity index is 2.44. The fourth-order valence-corrected chi connectivity index (χ4v) is 6.15. The number of ether oxygens (including phenoxy) is 4. The Kier molecular flexibility index (Phi) is 8.62. The Morgan fingerprint density at radius 2 is 1.56 bits per heavy atom. The van der Waals surface area contributed by atoms with Gasteiger partial charge in [0.2, 0.25) is 0 Å². The van der Waals surface area contributed by atoms with Crippen molar-refractivity contribution in [1.82, 2.24) is 0 Å². The molecule has 1 aromatic rings. The third-order valence-electron chi connectivity index (χ3n) is 4.22. The van der Waals surface area contributed by atoms with E-state index in [0.29, 0.717) is 4.46 Å². The minimum atomic E-state index is -4.02. The van der Waals surface area contributed by atoms with E-state index < -0.39 is 78.9 Å². The third-order valence-corrected chi connectivity index (χ3v) is 7.59. The van der Waals surface area contributed by atoms with E-state index in [4.69, 9.17) is 29.8 Å². The third kappa shape index (κ3) is 6.64. The van der Waals surface area contributed by atoms with Gasteiger partial charge in [0, 0.05) is 0 Å². The molecule has 0 amide bonds. The summed E-state index contributed by atoms with van der Waals surface area (Å²) < 4.78 is 45.5. The Morgan fingerprint density at radius 1 is 1.03 bits per heavy atom. The van der Waals surface area contributed by atoms with Crippen molar-refractivity contribution >= 4 is 53.0 Å². The minimum absolute atomic E-state index is 0.0836. The predicted octanol–water partition coefficient (Wildman–Crippen LogP) is -2.24. The van der Waals surface area contributed by atoms with Crippen molar-refractivity contribution in [1.29, 1.82) is 0 Å². The summed E-state index contributed by atoms with van der Waals surface area (Å²) >= 11 is -0.682. The number of hydrogen-bond acceptors (Lipinski definition) is 11. The number of sulfonamides is 1. The van der Waals surface area contributed by atoms with Crippen molar-refractivity contribution in [2.45, 2.75) is 55.1 Å². The average molecular weight is 539 g/mol. The summed E-state index contributed by atoms with van der Waals surface area (Å²) in [6, 6.07) is 4.10. The van der Waals surface area contributed by atoms with Gasteiger partial charge in [-0.3, -0.25) is 0 Å². The Morgan fingerprint density at radius 3 is 2.03 bits per heavy atom. The van der Waals surface area contributed by atoms with E-state index in [1.165, 1.54) is 18.2 Å². The number of primary sulfonamides is 1. The van der Waals surface area contributed by atoms with E-state index in [-0.39, 0.29) is 10.6 Å². The van der Waals surface area contributed by atoms with Crippen LogP contribution in [0.4, 0.5) is 5.69 Å². The van der Waals surface area contributed by atoms with Crippen LogP contribution in [0.1, 0.15) is 20.8 Å². The van der Waals surface area contributed by atoms with Gasteiger partial charge >= 0.3 is 191 Å². The van der Waals surface area contributed by atoms with Crippen LogP contribution in [0.2, 0.25) is 0 Å². The second-order valence-electron chi connectivity index (χ2n) is 6.81. The molecule has 1 saturated heterocycles. The molecule has 178 valence electrons. The van der Waals surface area contributed by atoms with Crippen molar-refractivity contribution in [3.63, 3.8) is 0 Å².